The zero-order valence-corrected chi connectivity index (χ0v) is 9.19. The fourth-order valence-corrected chi connectivity index (χ4v) is 1.50. The van der Waals surface area contributed by atoms with Gasteiger partial charge in [0.2, 0.25) is 0 Å². The third-order valence-corrected chi connectivity index (χ3v) is 2.59. The minimum Gasteiger partial charge on any atom is -0.480 e. The first kappa shape index (κ1) is 14.5. The molecule has 0 saturated heterocycles. The van der Waals surface area contributed by atoms with Crippen molar-refractivity contribution in [2.45, 2.75) is 24.2 Å². The van der Waals surface area contributed by atoms with E-state index < -0.39 is 30.2 Å². The van der Waals surface area contributed by atoms with Crippen molar-refractivity contribution in [1.82, 2.24) is 0 Å². The molecular weight excluding hydrogens is 251 g/mol. The third-order valence-electron chi connectivity index (χ3n) is 2.59. The van der Waals surface area contributed by atoms with Gasteiger partial charge in [-0.1, -0.05) is 30.3 Å². The molecule has 0 aliphatic rings. The second kappa shape index (κ2) is 4.95. The Morgan fingerprint density at radius 3 is 2.17 bits per heavy atom. The average molecular weight is 263 g/mol. The number of carbonyl (C=O) groups is 1. The van der Waals surface area contributed by atoms with E-state index in [4.69, 9.17) is 10.8 Å². The van der Waals surface area contributed by atoms with E-state index >= 15 is 0 Å². The molecule has 0 aliphatic heterocycles. The number of aliphatic carboxylic acids is 1. The summed E-state index contributed by atoms with van der Waals surface area (Å²) < 4.78 is 38.4. The van der Waals surface area contributed by atoms with Crippen LogP contribution >= 0.6 is 0 Å². The van der Waals surface area contributed by atoms with Gasteiger partial charge in [0.15, 0.2) is 5.60 Å². The fourth-order valence-electron chi connectivity index (χ4n) is 1.50. The number of hydrogen-bond acceptors (Lipinski definition) is 3. The highest BCUT2D eigenvalue weighted by Gasteiger charge is 2.59. The van der Waals surface area contributed by atoms with Crippen molar-refractivity contribution in [2.24, 2.45) is 5.73 Å². The van der Waals surface area contributed by atoms with E-state index in [2.05, 4.69) is 0 Å². The Morgan fingerprint density at radius 2 is 1.78 bits per heavy atom. The van der Waals surface area contributed by atoms with Gasteiger partial charge in [-0.3, -0.25) is 4.79 Å². The Hall–Kier alpha value is -1.60. The summed E-state index contributed by atoms with van der Waals surface area (Å²) >= 11 is 0. The number of carboxylic acids is 1. The van der Waals surface area contributed by atoms with Crippen LogP contribution < -0.4 is 5.73 Å². The van der Waals surface area contributed by atoms with E-state index in [1.54, 1.807) is 6.07 Å². The van der Waals surface area contributed by atoms with Crippen LogP contribution in [0.25, 0.3) is 0 Å². The number of carboxylic acid groups (broad SMARTS) is 1. The Morgan fingerprint density at radius 1 is 1.28 bits per heavy atom. The van der Waals surface area contributed by atoms with Crippen molar-refractivity contribution in [1.29, 1.82) is 0 Å². The molecule has 0 aliphatic carbocycles. The largest absolute Gasteiger partial charge is 0.480 e. The molecule has 0 saturated carbocycles. The lowest BCUT2D eigenvalue weighted by Crippen LogP contribution is -2.62. The van der Waals surface area contributed by atoms with Crippen LogP contribution in [0.1, 0.15) is 5.56 Å². The molecule has 1 aromatic rings. The highest BCUT2D eigenvalue weighted by atomic mass is 19.4. The van der Waals surface area contributed by atoms with Gasteiger partial charge in [-0.25, -0.2) is 0 Å². The van der Waals surface area contributed by atoms with Crippen LogP contribution in [0, 0.1) is 0 Å². The summed E-state index contributed by atoms with van der Waals surface area (Å²) in [6.45, 7) is 0. The molecule has 7 heteroatoms. The van der Waals surface area contributed by atoms with Gasteiger partial charge < -0.3 is 15.9 Å². The molecule has 4 N–H and O–H groups in total. The molecule has 0 bridgehead atoms. The maximum atomic E-state index is 12.8. The number of nitrogens with two attached hydrogens (primary N) is 1. The molecule has 1 aromatic carbocycles. The summed E-state index contributed by atoms with van der Waals surface area (Å²) in [5.74, 6) is -1.91. The number of alkyl halides is 3. The molecule has 0 aromatic heterocycles. The van der Waals surface area contributed by atoms with Crippen molar-refractivity contribution in [3.05, 3.63) is 35.9 Å². The average Bonchev–Trinajstić information content (AvgIpc) is 2.27. The predicted molar refractivity (Wildman–Crippen MR) is 56.8 cm³/mol. The van der Waals surface area contributed by atoms with Crippen LogP contribution in [0.4, 0.5) is 13.2 Å². The maximum absolute atomic E-state index is 12.8. The lowest BCUT2D eigenvalue weighted by atomic mass is 9.87. The second-order valence-corrected chi connectivity index (χ2v) is 3.90. The Kier molecular flexibility index (Phi) is 3.98. The van der Waals surface area contributed by atoms with Gasteiger partial charge in [0.1, 0.15) is 6.04 Å². The van der Waals surface area contributed by atoms with Crippen LogP contribution in [0.5, 0.6) is 0 Å². The number of halogens is 3. The summed E-state index contributed by atoms with van der Waals surface area (Å²) in [6, 6.07) is 4.82. The molecule has 2 atom stereocenters. The molecule has 0 radical (unpaired) electrons. The van der Waals surface area contributed by atoms with Crippen molar-refractivity contribution in [3.63, 3.8) is 0 Å². The van der Waals surface area contributed by atoms with Gasteiger partial charge >= 0.3 is 12.1 Å². The zero-order valence-electron chi connectivity index (χ0n) is 9.19. The summed E-state index contributed by atoms with van der Waals surface area (Å²) in [4.78, 5) is 10.6. The number of hydrogen-bond donors (Lipinski definition) is 3. The standard InChI is InChI=1S/C11H12F3NO3/c12-11(13,14)10(18,8(15)9(16)17)6-7-4-2-1-3-5-7/h1-5,8,18H,6,15H2,(H,16,17)/t8-,10?/m1/s1. The fraction of sp³-hybridized carbons (Fsp3) is 0.364. The minimum atomic E-state index is -5.14. The monoisotopic (exact) mass is 263 g/mol. The van der Waals surface area contributed by atoms with Crippen LogP contribution in [0.2, 0.25) is 0 Å². The molecule has 100 valence electrons. The van der Waals surface area contributed by atoms with E-state index in [0.29, 0.717) is 0 Å². The van der Waals surface area contributed by atoms with Gasteiger partial charge in [-0.2, -0.15) is 13.2 Å². The number of benzene rings is 1. The maximum Gasteiger partial charge on any atom is 0.419 e. The first-order valence-corrected chi connectivity index (χ1v) is 5.00. The summed E-state index contributed by atoms with van der Waals surface area (Å²) in [7, 11) is 0. The zero-order chi connectivity index (χ0) is 14.0. The highest BCUT2D eigenvalue weighted by Crippen LogP contribution is 2.35. The first-order valence-electron chi connectivity index (χ1n) is 5.00. The minimum absolute atomic E-state index is 0.147. The van der Waals surface area contributed by atoms with Crippen molar-refractivity contribution >= 4 is 5.97 Å². The van der Waals surface area contributed by atoms with Gasteiger partial charge in [0, 0.05) is 6.42 Å². The normalized spacial score (nSPS) is 16.9. The third kappa shape index (κ3) is 2.80. The second-order valence-electron chi connectivity index (χ2n) is 3.90. The summed E-state index contributed by atoms with van der Waals surface area (Å²) in [6.07, 6.45) is -6.05. The van der Waals surface area contributed by atoms with Gasteiger partial charge in [-0.05, 0) is 5.56 Å². The van der Waals surface area contributed by atoms with E-state index in [0.717, 1.165) is 0 Å². The van der Waals surface area contributed by atoms with Crippen molar-refractivity contribution in [2.75, 3.05) is 0 Å². The topological polar surface area (TPSA) is 83.6 Å². The molecule has 4 nitrogen and oxygen atoms in total. The first-order chi connectivity index (χ1) is 8.18. The lowest BCUT2D eigenvalue weighted by molar-refractivity contribution is -0.267. The Labute approximate surface area is 101 Å². The molecular formula is C11H12F3NO3. The SMILES string of the molecule is N[C@H](C(=O)O)C(O)(Cc1ccccc1)C(F)(F)F. The summed E-state index contributed by atoms with van der Waals surface area (Å²) in [5, 5.41) is 18.2. The van der Waals surface area contributed by atoms with Gasteiger partial charge in [-0.15, -0.1) is 0 Å². The summed E-state index contributed by atoms with van der Waals surface area (Å²) in [5.41, 5.74) is 1.61. The smallest absolute Gasteiger partial charge is 0.419 e. The Bertz CT molecular complexity index is 421. The Balaban J connectivity index is 3.11. The molecule has 0 spiro atoms. The van der Waals surface area contributed by atoms with Crippen molar-refractivity contribution in [3.8, 4) is 0 Å². The predicted octanol–water partition coefficient (Wildman–Crippen LogP) is 0.934. The number of rotatable bonds is 4. The molecule has 0 heterocycles. The van der Waals surface area contributed by atoms with Gasteiger partial charge in [0.25, 0.3) is 0 Å². The quantitative estimate of drug-likeness (QED) is 0.754. The lowest BCUT2D eigenvalue weighted by Gasteiger charge is -2.33. The van der Waals surface area contributed by atoms with Crippen LogP contribution in [0.3, 0.4) is 0 Å². The van der Waals surface area contributed by atoms with Crippen LogP contribution in [-0.4, -0.2) is 34.0 Å². The van der Waals surface area contributed by atoms with E-state index in [1.165, 1.54) is 24.3 Å². The molecule has 0 fully saturated rings. The van der Waals surface area contributed by atoms with E-state index in [-0.39, 0.29) is 5.56 Å². The number of aliphatic hydroxyl groups is 1. The van der Waals surface area contributed by atoms with Gasteiger partial charge in [0.05, 0.1) is 0 Å². The van der Waals surface area contributed by atoms with Crippen molar-refractivity contribution < 1.29 is 28.2 Å². The molecule has 18 heavy (non-hydrogen) atoms. The highest BCUT2D eigenvalue weighted by molar-refractivity contribution is 5.75. The molecule has 0 amide bonds. The molecule has 1 unspecified atom stereocenters. The van der Waals surface area contributed by atoms with Crippen LogP contribution in [0.15, 0.2) is 30.3 Å². The van der Waals surface area contributed by atoms with Crippen LogP contribution in [-0.2, 0) is 11.2 Å². The molecule has 1 rings (SSSR count). The van der Waals surface area contributed by atoms with E-state index in [9.17, 15) is 23.1 Å². The van der Waals surface area contributed by atoms with E-state index in [1.807, 2.05) is 0 Å².